The number of nitrogens with zero attached hydrogens (tertiary/aromatic N) is 1. The van der Waals surface area contributed by atoms with Gasteiger partial charge in [0, 0.05) is 16.3 Å². The van der Waals surface area contributed by atoms with Gasteiger partial charge in [-0.2, -0.15) is 0 Å². The summed E-state index contributed by atoms with van der Waals surface area (Å²) in [5.41, 5.74) is -0.0848. The zero-order valence-electron chi connectivity index (χ0n) is 16.1. The third kappa shape index (κ3) is 3.07. The molecule has 0 aliphatic carbocycles. The van der Waals surface area contributed by atoms with E-state index in [9.17, 15) is 19.2 Å². The summed E-state index contributed by atoms with van der Waals surface area (Å²) in [7, 11) is 0. The van der Waals surface area contributed by atoms with Gasteiger partial charge in [-0.1, -0.05) is 30.3 Å². The Labute approximate surface area is 177 Å². The Bertz CT molecular complexity index is 1140. The largest absolute Gasteiger partial charge is 0.328 e. The maximum absolute atomic E-state index is 13.3. The number of imide groups is 1. The number of halogens is 1. The number of nitrogens with one attached hydrogen (secondary N) is 2. The Morgan fingerprint density at radius 3 is 2.60 bits per heavy atom. The molecular formula is C22H18ClN3O4. The molecule has 1 atom stereocenters. The molecule has 0 aromatic heterocycles. The van der Waals surface area contributed by atoms with Crippen molar-refractivity contribution < 1.29 is 19.2 Å². The second kappa shape index (κ2) is 7.11. The van der Waals surface area contributed by atoms with Gasteiger partial charge >= 0.3 is 0 Å². The molecular weight excluding hydrogens is 406 g/mol. The van der Waals surface area contributed by atoms with E-state index in [1.54, 1.807) is 37.3 Å². The van der Waals surface area contributed by atoms with E-state index >= 15 is 0 Å². The quantitative estimate of drug-likeness (QED) is 0.740. The van der Waals surface area contributed by atoms with E-state index < -0.39 is 29.2 Å². The van der Waals surface area contributed by atoms with Gasteiger partial charge < -0.3 is 10.6 Å². The molecule has 2 aromatic rings. The SMILES string of the molecule is C=C1CCC(C)(N2C(=O)c3cccc(NC(=O)c4cccc(Cl)c4)c3C2=O)C(=O)N1. The number of anilines is 1. The van der Waals surface area contributed by atoms with Gasteiger partial charge in [-0.15, -0.1) is 0 Å². The molecule has 2 N–H and O–H groups in total. The van der Waals surface area contributed by atoms with E-state index in [1.807, 2.05) is 0 Å². The Kier molecular flexibility index (Phi) is 4.70. The van der Waals surface area contributed by atoms with E-state index in [4.69, 9.17) is 11.6 Å². The highest BCUT2D eigenvalue weighted by atomic mass is 35.5. The van der Waals surface area contributed by atoms with Gasteiger partial charge in [-0.05, 0) is 50.1 Å². The summed E-state index contributed by atoms with van der Waals surface area (Å²) >= 11 is 5.94. The summed E-state index contributed by atoms with van der Waals surface area (Å²) in [4.78, 5) is 52.6. The smallest absolute Gasteiger partial charge is 0.264 e. The molecule has 152 valence electrons. The average molecular weight is 424 g/mol. The van der Waals surface area contributed by atoms with Gasteiger partial charge in [0.15, 0.2) is 0 Å². The average Bonchev–Trinajstić information content (AvgIpc) is 2.97. The molecule has 2 aliphatic rings. The first-order valence-corrected chi connectivity index (χ1v) is 9.68. The van der Waals surface area contributed by atoms with Crippen molar-refractivity contribution in [1.82, 2.24) is 10.2 Å². The van der Waals surface area contributed by atoms with Gasteiger partial charge in [0.1, 0.15) is 5.54 Å². The van der Waals surface area contributed by atoms with Crippen molar-refractivity contribution in [2.45, 2.75) is 25.3 Å². The number of hydrogen-bond donors (Lipinski definition) is 2. The Morgan fingerprint density at radius 2 is 1.90 bits per heavy atom. The minimum atomic E-state index is -1.34. The van der Waals surface area contributed by atoms with Crippen LogP contribution in [0, 0.1) is 0 Å². The van der Waals surface area contributed by atoms with E-state index in [1.165, 1.54) is 12.1 Å². The molecule has 2 aliphatic heterocycles. The lowest BCUT2D eigenvalue weighted by molar-refractivity contribution is -0.131. The van der Waals surface area contributed by atoms with Crippen LogP contribution in [0.25, 0.3) is 0 Å². The third-order valence-corrected chi connectivity index (χ3v) is 5.67. The number of carbonyl (C=O) groups is 4. The molecule has 8 heteroatoms. The molecule has 2 heterocycles. The van der Waals surface area contributed by atoms with Crippen molar-refractivity contribution in [3.8, 4) is 0 Å². The molecule has 7 nitrogen and oxygen atoms in total. The number of piperidine rings is 1. The molecule has 0 bridgehead atoms. The maximum Gasteiger partial charge on any atom is 0.264 e. The number of hydrogen-bond acceptors (Lipinski definition) is 4. The highest BCUT2D eigenvalue weighted by Gasteiger charge is 2.52. The molecule has 2 aromatic carbocycles. The standard InChI is InChI=1S/C22H18ClN3O4/c1-12-9-10-22(2,21(30)24-12)26-19(28)15-7-4-8-16(17(15)20(26)29)25-18(27)13-5-3-6-14(23)11-13/h3-8,11H,1,9-10H2,2H3,(H,24,30)(H,25,27). The molecule has 0 spiro atoms. The second-order valence-electron chi connectivity index (χ2n) is 7.47. The van der Waals surface area contributed by atoms with Crippen molar-refractivity contribution in [3.05, 3.63) is 76.5 Å². The number of amides is 4. The lowest BCUT2D eigenvalue weighted by Gasteiger charge is -2.39. The topological polar surface area (TPSA) is 95.6 Å². The van der Waals surface area contributed by atoms with Crippen molar-refractivity contribution in [2.75, 3.05) is 5.32 Å². The van der Waals surface area contributed by atoms with Crippen LogP contribution in [0.5, 0.6) is 0 Å². The lowest BCUT2D eigenvalue weighted by atomic mass is 9.88. The molecule has 0 saturated carbocycles. The van der Waals surface area contributed by atoms with Crippen molar-refractivity contribution in [2.24, 2.45) is 0 Å². The summed E-state index contributed by atoms with van der Waals surface area (Å²) in [6.07, 6.45) is 0.724. The van der Waals surface area contributed by atoms with Crippen LogP contribution in [0.3, 0.4) is 0 Å². The first-order valence-electron chi connectivity index (χ1n) is 9.30. The van der Waals surface area contributed by atoms with Crippen LogP contribution in [0.2, 0.25) is 5.02 Å². The summed E-state index contributed by atoms with van der Waals surface area (Å²) in [6.45, 7) is 5.30. The fraction of sp³-hybridized carbons (Fsp3) is 0.182. The lowest BCUT2D eigenvalue weighted by Crippen LogP contribution is -2.60. The molecule has 1 fully saturated rings. The maximum atomic E-state index is 13.3. The fourth-order valence-corrected chi connectivity index (χ4v) is 3.93. The number of benzene rings is 2. The van der Waals surface area contributed by atoms with Crippen molar-refractivity contribution in [1.29, 1.82) is 0 Å². The van der Waals surface area contributed by atoms with E-state index in [0.717, 1.165) is 4.90 Å². The van der Waals surface area contributed by atoms with E-state index in [2.05, 4.69) is 17.2 Å². The summed E-state index contributed by atoms with van der Waals surface area (Å²) in [5.74, 6) is -2.12. The van der Waals surface area contributed by atoms with E-state index in [0.29, 0.717) is 22.7 Å². The number of fused-ring (bicyclic) bond motifs is 1. The molecule has 4 rings (SSSR count). The monoisotopic (exact) mass is 423 g/mol. The summed E-state index contributed by atoms with van der Waals surface area (Å²) in [6, 6.07) is 11.0. The number of rotatable bonds is 3. The molecule has 1 saturated heterocycles. The van der Waals surface area contributed by atoms with Crippen LogP contribution in [0.4, 0.5) is 5.69 Å². The second-order valence-corrected chi connectivity index (χ2v) is 7.91. The van der Waals surface area contributed by atoms with Crippen LogP contribution in [-0.2, 0) is 4.79 Å². The van der Waals surface area contributed by atoms with Gasteiger partial charge in [-0.3, -0.25) is 24.1 Å². The van der Waals surface area contributed by atoms with Crippen LogP contribution < -0.4 is 10.6 Å². The summed E-state index contributed by atoms with van der Waals surface area (Å²) in [5, 5.41) is 5.70. The zero-order chi connectivity index (χ0) is 21.6. The first-order chi connectivity index (χ1) is 14.2. The van der Waals surface area contributed by atoms with Gasteiger partial charge in [0.25, 0.3) is 17.7 Å². The highest BCUT2D eigenvalue weighted by molar-refractivity contribution is 6.31. The van der Waals surface area contributed by atoms with Crippen molar-refractivity contribution >= 4 is 40.9 Å². The minimum Gasteiger partial charge on any atom is -0.328 e. The minimum absolute atomic E-state index is 0.0660. The normalized spacial score (nSPS) is 20.8. The predicted molar refractivity (Wildman–Crippen MR) is 111 cm³/mol. The fourth-order valence-electron chi connectivity index (χ4n) is 3.74. The van der Waals surface area contributed by atoms with Gasteiger partial charge in [0.05, 0.1) is 16.8 Å². The molecule has 1 unspecified atom stereocenters. The van der Waals surface area contributed by atoms with Gasteiger partial charge in [-0.25, -0.2) is 0 Å². The van der Waals surface area contributed by atoms with E-state index in [-0.39, 0.29) is 23.2 Å². The summed E-state index contributed by atoms with van der Waals surface area (Å²) < 4.78 is 0. The zero-order valence-corrected chi connectivity index (χ0v) is 16.9. The predicted octanol–water partition coefficient (Wildman–Crippen LogP) is 3.37. The molecule has 30 heavy (non-hydrogen) atoms. The highest BCUT2D eigenvalue weighted by Crippen LogP contribution is 2.37. The third-order valence-electron chi connectivity index (χ3n) is 5.44. The van der Waals surface area contributed by atoms with Crippen molar-refractivity contribution in [3.63, 3.8) is 0 Å². The number of allylic oxidation sites excluding steroid dienone is 1. The van der Waals surface area contributed by atoms with Crippen LogP contribution in [0.1, 0.15) is 50.8 Å². The molecule has 4 amide bonds. The Morgan fingerprint density at radius 1 is 1.17 bits per heavy atom. The number of carbonyl (C=O) groups excluding carboxylic acids is 4. The van der Waals surface area contributed by atoms with Gasteiger partial charge in [0.2, 0.25) is 5.91 Å². The Hall–Kier alpha value is -3.45. The van der Waals surface area contributed by atoms with Crippen LogP contribution in [0.15, 0.2) is 54.7 Å². The van der Waals surface area contributed by atoms with Crippen LogP contribution >= 0.6 is 11.6 Å². The first kappa shape index (κ1) is 19.8. The molecule has 0 radical (unpaired) electrons. The Balaban J connectivity index is 1.69. The van der Waals surface area contributed by atoms with Crippen LogP contribution in [-0.4, -0.2) is 34.1 Å².